The maximum Gasteiger partial charge on any atom is 0.226 e. The van der Waals surface area contributed by atoms with E-state index >= 15 is 0 Å². The number of carbonyl (C=O) groups excluding carboxylic acids is 2. The minimum Gasteiger partial charge on any atom is -0.326 e. The SMILES string of the molecule is CC(C)C(=O)Nc1ccc(C(=O)C(C)Sc2nnnn2Cc2cccs2)cc1. The van der Waals surface area contributed by atoms with Gasteiger partial charge in [0.2, 0.25) is 11.1 Å². The highest BCUT2D eigenvalue weighted by Crippen LogP contribution is 2.25. The van der Waals surface area contributed by atoms with Crippen LogP contribution in [0.2, 0.25) is 0 Å². The fourth-order valence-electron chi connectivity index (χ4n) is 2.38. The van der Waals surface area contributed by atoms with Crippen LogP contribution in [-0.4, -0.2) is 37.1 Å². The van der Waals surface area contributed by atoms with Gasteiger partial charge in [-0.25, -0.2) is 4.68 Å². The van der Waals surface area contributed by atoms with Gasteiger partial charge >= 0.3 is 0 Å². The van der Waals surface area contributed by atoms with Crippen LogP contribution in [-0.2, 0) is 11.3 Å². The molecule has 28 heavy (non-hydrogen) atoms. The summed E-state index contributed by atoms with van der Waals surface area (Å²) in [5, 5.41) is 16.9. The maximum absolute atomic E-state index is 12.8. The number of nitrogens with zero attached hydrogens (tertiary/aromatic N) is 4. The van der Waals surface area contributed by atoms with Gasteiger partial charge in [0.15, 0.2) is 5.78 Å². The molecule has 9 heteroatoms. The lowest BCUT2D eigenvalue weighted by Crippen LogP contribution is -2.18. The molecule has 1 aromatic carbocycles. The van der Waals surface area contributed by atoms with Crippen molar-refractivity contribution >= 4 is 40.5 Å². The van der Waals surface area contributed by atoms with Crippen molar-refractivity contribution < 1.29 is 9.59 Å². The van der Waals surface area contributed by atoms with E-state index in [0.717, 1.165) is 4.88 Å². The molecule has 0 radical (unpaired) electrons. The van der Waals surface area contributed by atoms with E-state index in [1.807, 2.05) is 38.3 Å². The van der Waals surface area contributed by atoms with Crippen LogP contribution in [0.5, 0.6) is 0 Å². The summed E-state index contributed by atoms with van der Waals surface area (Å²) in [7, 11) is 0. The van der Waals surface area contributed by atoms with Crippen LogP contribution in [0.1, 0.15) is 36.0 Å². The molecule has 0 spiro atoms. The zero-order valence-electron chi connectivity index (χ0n) is 15.8. The number of amides is 1. The standard InChI is InChI=1S/C19H21N5O2S2/c1-12(2)18(26)20-15-8-6-14(7-9-15)17(25)13(3)28-19-21-22-23-24(19)11-16-5-4-10-27-16/h4-10,12-13H,11H2,1-3H3,(H,20,26). The van der Waals surface area contributed by atoms with Gasteiger partial charge in [0, 0.05) is 22.0 Å². The van der Waals surface area contributed by atoms with Crippen molar-refractivity contribution in [3.63, 3.8) is 0 Å². The van der Waals surface area contributed by atoms with Crippen molar-refractivity contribution in [1.29, 1.82) is 0 Å². The van der Waals surface area contributed by atoms with Crippen molar-refractivity contribution in [2.45, 2.75) is 37.7 Å². The summed E-state index contributed by atoms with van der Waals surface area (Å²) in [6.45, 7) is 6.08. The number of carbonyl (C=O) groups is 2. The van der Waals surface area contributed by atoms with E-state index in [-0.39, 0.29) is 22.9 Å². The predicted octanol–water partition coefficient (Wildman–Crippen LogP) is 3.74. The molecule has 146 valence electrons. The van der Waals surface area contributed by atoms with Gasteiger partial charge in [0.25, 0.3) is 0 Å². The van der Waals surface area contributed by atoms with E-state index in [0.29, 0.717) is 23.0 Å². The lowest BCUT2D eigenvalue weighted by atomic mass is 10.1. The second-order valence-electron chi connectivity index (χ2n) is 6.54. The smallest absolute Gasteiger partial charge is 0.226 e. The highest BCUT2D eigenvalue weighted by Gasteiger charge is 2.20. The monoisotopic (exact) mass is 415 g/mol. The van der Waals surface area contributed by atoms with Crippen LogP contribution in [0.4, 0.5) is 5.69 Å². The van der Waals surface area contributed by atoms with E-state index in [2.05, 4.69) is 20.8 Å². The third kappa shape index (κ3) is 5.05. The first-order chi connectivity index (χ1) is 13.4. The minimum absolute atomic E-state index is 0.0163. The molecule has 0 aliphatic heterocycles. The van der Waals surface area contributed by atoms with Crippen LogP contribution in [0.25, 0.3) is 0 Å². The lowest BCUT2D eigenvalue weighted by molar-refractivity contribution is -0.118. The number of nitrogens with one attached hydrogen (secondary N) is 1. The Bertz CT molecular complexity index is 936. The van der Waals surface area contributed by atoms with Gasteiger partial charge in [0.05, 0.1) is 11.8 Å². The summed E-state index contributed by atoms with van der Waals surface area (Å²) in [6.07, 6.45) is 0. The molecule has 0 bridgehead atoms. The van der Waals surface area contributed by atoms with Gasteiger partial charge in [-0.2, -0.15) is 0 Å². The number of tetrazole rings is 1. The summed E-state index contributed by atoms with van der Waals surface area (Å²) < 4.78 is 1.70. The van der Waals surface area contributed by atoms with Crippen molar-refractivity contribution in [2.24, 2.45) is 5.92 Å². The highest BCUT2D eigenvalue weighted by molar-refractivity contribution is 8.00. The number of ketones is 1. The molecular weight excluding hydrogens is 394 g/mol. The van der Waals surface area contributed by atoms with Crippen molar-refractivity contribution in [1.82, 2.24) is 20.2 Å². The molecule has 0 fully saturated rings. The van der Waals surface area contributed by atoms with Crippen LogP contribution < -0.4 is 5.32 Å². The Balaban J connectivity index is 1.63. The number of rotatable bonds is 8. The van der Waals surface area contributed by atoms with E-state index < -0.39 is 0 Å². The summed E-state index contributed by atoms with van der Waals surface area (Å²) in [6, 6.07) is 10.9. The average Bonchev–Trinajstić information content (AvgIpc) is 3.34. The maximum atomic E-state index is 12.8. The van der Waals surface area contributed by atoms with Gasteiger partial charge in [-0.05, 0) is 53.1 Å². The van der Waals surface area contributed by atoms with Gasteiger partial charge in [-0.15, -0.1) is 16.4 Å². The van der Waals surface area contributed by atoms with E-state index in [4.69, 9.17) is 0 Å². The fourth-order valence-corrected chi connectivity index (χ4v) is 3.93. The topological polar surface area (TPSA) is 89.8 Å². The van der Waals surface area contributed by atoms with Gasteiger partial charge in [-0.3, -0.25) is 9.59 Å². The third-order valence-corrected chi connectivity index (χ3v) is 5.93. The van der Waals surface area contributed by atoms with Crippen molar-refractivity contribution in [3.8, 4) is 0 Å². The van der Waals surface area contributed by atoms with Gasteiger partial charge in [-0.1, -0.05) is 31.7 Å². The average molecular weight is 416 g/mol. The van der Waals surface area contributed by atoms with E-state index in [9.17, 15) is 9.59 Å². The predicted molar refractivity (Wildman–Crippen MR) is 111 cm³/mol. The highest BCUT2D eigenvalue weighted by atomic mass is 32.2. The number of hydrogen-bond donors (Lipinski definition) is 1. The lowest BCUT2D eigenvalue weighted by Gasteiger charge is -2.11. The zero-order chi connectivity index (χ0) is 20.1. The molecule has 2 aromatic heterocycles. The Morgan fingerprint density at radius 2 is 1.93 bits per heavy atom. The largest absolute Gasteiger partial charge is 0.326 e. The Morgan fingerprint density at radius 1 is 1.18 bits per heavy atom. The molecule has 1 N–H and O–H groups in total. The summed E-state index contributed by atoms with van der Waals surface area (Å²) >= 11 is 2.97. The summed E-state index contributed by atoms with van der Waals surface area (Å²) in [4.78, 5) is 25.7. The number of thiophene rings is 1. The summed E-state index contributed by atoms with van der Waals surface area (Å²) in [5.41, 5.74) is 1.26. The molecular formula is C19H21N5O2S2. The molecule has 0 saturated heterocycles. The van der Waals surface area contributed by atoms with Crippen molar-refractivity contribution in [2.75, 3.05) is 5.32 Å². The molecule has 1 atom stereocenters. The normalized spacial score (nSPS) is 12.1. The Labute approximate surface area is 171 Å². The molecule has 7 nitrogen and oxygen atoms in total. The number of benzene rings is 1. The Kier molecular flexibility index (Phi) is 6.58. The molecule has 1 amide bonds. The zero-order valence-corrected chi connectivity index (χ0v) is 17.5. The van der Waals surface area contributed by atoms with E-state index in [1.165, 1.54) is 11.8 Å². The molecule has 0 aliphatic rings. The van der Waals surface area contributed by atoms with Crippen LogP contribution >= 0.6 is 23.1 Å². The number of Topliss-reactive ketones (excluding diaryl/α,β-unsaturated/α-hetero) is 1. The number of thioether (sulfide) groups is 1. The second-order valence-corrected chi connectivity index (χ2v) is 8.88. The van der Waals surface area contributed by atoms with E-state index in [1.54, 1.807) is 40.3 Å². The fraction of sp³-hybridized carbons (Fsp3) is 0.316. The number of aromatic nitrogens is 4. The van der Waals surface area contributed by atoms with Crippen molar-refractivity contribution in [3.05, 3.63) is 52.2 Å². The third-order valence-electron chi connectivity index (χ3n) is 4.00. The number of hydrogen-bond acceptors (Lipinski definition) is 7. The first-order valence-corrected chi connectivity index (χ1v) is 10.6. The molecule has 0 saturated carbocycles. The molecule has 0 aliphatic carbocycles. The summed E-state index contributed by atoms with van der Waals surface area (Å²) in [5.74, 6) is -0.171. The van der Waals surface area contributed by atoms with Crippen LogP contribution in [0, 0.1) is 5.92 Å². The first kappa shape index (κ1) is 20.2. The van der Waals surface area contributed by atoms with Gasteiger partial charge in [0.1, 0.15) is 0 Å². The van der Waals surface area contributed by atoms with Crippen LogP contribution in [0.15, 0.2) is 46.9 Å². The Morgan fingerprint density at radius 3 is 2.57 bits per heavy atom. The molecule has 2 heterocycles. The van der Waals surface area contributed by atoms with Crippen LogP contribution in [0.3, 0.4) is 0 Å². The minimum atomic E-state index is -0.343. The Hall–Kier alpha value is -2.52. The van der Waals surface area contributed by atoms with Gasteiger partial charge < -0.3 is 5.32 Å². The quantitative estimate of drug-likeness (QED) is 0.445. The molecule has 3 rings (SSSR count). The first-order valence-electron chi connectivity index (χ1n) is 8.84. The molecule has 3 aromatic rings. The molecule has 1 unspecified atom stereocenters. The number of anilines is 1. The second kappa shape index (κ2) is 9.11.